The van der Waals surface area contributed by atoms with Gasteiger partial charge in [0, 0.05) is 11.8 Å². The Hall–Kier alpha value is -2.81. The van der Waals surface area contributed by atoms with Crippen molar-refractivity contribution in [3.63, 3.8) is 0 Å². The lowest BCUT2D eigenvalue weighted by molar-refractivity contribution is -0.141. The molecule has 0 saturated heterocycles. The molecule has 1 N–H and O–H groups in total. The molecule has 0 radical (unpaired) electrons. The summed E-state index contributed by atoms with van der Waals surface area (Å²) < 4.78 is 63.9. The lowest BCUT2D eigenvalue weighted by atomic mass is 10.0. The van der Waals surface area contributed by atoms with Gasteiger partial charge in [0.05, 0.1) is 16.3 Å². The molecule has 3 aromatic rings. The van der Waals surface area contributed by atoms with Crippen molar-refractivity contribution in [2.45, 2.75) is 18.0 Å². The number of aromatic hydroxyl groups is 1. The molecule has 5 nitrogen and oxygen atoms in total. The number of phenols is 1. The molecule has 1 heterocycles. The predicted octanol–water partition coefficient (Wildman–Crippen LogP) is 3.98. The molecule has 9 heteroatoms. The first-order valence-corrected chi connectivity index (χ1v) is 9.64. The first-order valence-electron chi connectivity index (χ1n) is 7.74. The molecular formula is C18H15F3N2O3S. The van der Waals surface area contributed by atoms with E-state index < -0.39 is 21.7 Å². The zero-order valence-corrected chi connectivity index (χ0v) is 15.1. The van der Waals surface area contributed by atoms with E-state index in [1.165, 1.54) is 42.5 Å². The topological polar surface area (TPSA) is 72.2 Å². The average Bonchev–Trinajstić information content (AvgIpc) is 2.99. The second-order valence-electron chi connectivity index (χ2n) is 6.09. The molecule has 0 spiro atoms. The van der Waals surface area contributed by atoms with E-state index in [4.69, 9.17) is 0 Å². The van der Waals surface area contributed by atoms with Crippen LogP contribution in [0.2, 0.25) is 0 Å². The number of aryl methyl sites for hydroxylation is 1. The molecule has 0 aliphatic heterocycles. The van der Waals surface area contributed by atoms with E-state index in [2.05, 4.69) is 5.10 Å². The highest BCUT2D eigenvalue weighted by atomic mass is 32.2. The zero-order chi connectivity index (χ0) is 20.0. The summed E-state index contributed by atoms with van der Waals surface area (Å²) in [7, 11) is -3.43. The normalized spacial score (nSPS) is 12.3. The molecule has 2 aromatic carbocycles. The van der Waals surface area contributed by atoms with Crippen LogP contribution in [0.3, 0.4) is 0 Å². The van der Waals surface area contributed by atoms with Crippen LogP contribution in [0.1, 0.15) is 11.3 Å². The molecule has 0 bridgehead atoms. The van der Waals surface area contributed by atoms with E-state index in [9.17, 15) is 26.7 Å². The molecule has 0 saturated carbocycles. The van der Waals surface area contributed by atoms with E-state index in [1.807, 2.05) is 0 Å². The highest BCUT2D eigenvalue weighted by Crippen LogP contribution is 2.35. The van der Waals surface area contributed by atoms with Crippen molar-refractivity contribution in [3.8, 4) is 22.7 Å². The van der Waals surface area contributed by atoms with Gasteiger partial charge >= 0.3 is 6.18 Å². The maximum Gasteiger partial charge on any atom is 0.435 e. The van der Waals surface area contributed by atoms with Crippen LogP contribution >= 0.6 is 0 Å². The van der Waals surface area contributed by atoms with Gasteiger partial charge in [-0.05, 0) is 61.0 Å². The molecular weight excluding hydrogens is 381 g/mol. The Balaban J connectivity index is 2.21. The van der Waals surface area contributed by atoms with Crippen molar-refractivity contribution in [2.75, 3.05) is 6.26 Å². The van der Waals surface area contributed by atoms with Crippen molar-refractivity contribution < 1.29 is 26.7 Å². The van der Waals surface area contributed by atoms with Gasteiger partial charge in [-0.15, -0.1) is 0 Å². The van der Waals surface area contributed by atoms with Crippen LogP contribution in [0.4, 0.5) is 13.2 Å². The van der Waals surface area contributed by atoms with E-state index in [0.717, 1.165) is 17.0 Å². The Bertz CT molecular complexity index is 1100. The van der Waals surface area contributed by atoms with E-state index in [-0.39, 0.29) is 22.0 Å². The Labute approximate surface area is 153 Å². The third kappa shape index (κ3) is 3.82. The number of hydrogen-bond acceptors (Lipinski definition) is 4. The van der Waals surface area contributed by atoms with Gasteiger partial charge in [0.1, 0.15) is 5.75 Å². The fourth-order valence-corrected chi connectivity index (χ4v) is 3.31. The molecule has 142 valence electrons. The summed E-state index contributed by atoms with van der Waals surface area (Å²) in [5.41, 5.74) is 0.407. The summed E-state index contributed by atoms with van der Waals surface area (Å²) in [5, 5.41) is 13.2. The van der Waals surface area contributed by atoms with Crippen LogP contribution in [0.25, 0.3) is 16.9 Å². The number of hydrogen-bond donors (Lipinski definition) is 1. The summed E-state index contributed by atoms with van der Waals surface area (Å²) >= 11 is 0. The number of sulfone groups is 1. The third-order valence-corrected chi connectivity index (χ3v) is 5.12. The van der Waals surface area contributed by atoms with E-state index >= 15 is 0 Å². The van der Waals surface area contributed by atoms with Gasteiger partial charge in [-0.2, -0.15) is 18.3 Å². The van der Waals surface area contributed by atoms with Crippen LogP contribution in [0.15, 0.2) is 53.4 Å². The van der Waals surface area contributed by atoms with Gasteiger partial charge in [-0.1, -0.05) is 0 Å². The Kier molecular flexibility index (Phi) is 4.51. The number of halogens is 3. The highest BCUT2D eigenvalue weighted by Gasteiger charge is 2.35. The minimum Gasteiger partial charge on any atom is -0.508 e. The van der Waals surface area contributed by atoms with Crippen molar-refractivity contribution in [3.05, 3.63) is 59.8 Å². The minimum absolute atomic E-state index is 0.00383. The number of phenolic OH excluding ortho intramolecular Hbond substituents is 1. The Morgan fingerprint density at radius 2 is 1.67 bits per heavy atom. The van der Waals surface area contributed by atoms with Gasteiger partial charge in [-0.3, -0.25) is 0 Å². The molecule has 0 amide bonds. The maximum absolute atomic E-state index is 13.2. The van der Waals surface area contributed by atoms with Crippen molar-refractivity contribution in [1.82, 2.24) is 9.78 Å². The monoisotopic (exact) mass is 396 g/mol. The van der Waals surface area contributed by atoms with Crippen molar-refractivity contribution in [1.29, 1.82) is 0 Å². The van der Waals surface area contributed by atoms with Gasteiger partial charge in [0.25, 0.3) is 0 Å². The first kappa shape index (κ1) is 19.0. The molecule has 0 aliphatic rings. The third-order valence-electron chi connectivity index (χ3n) is 4.00. The van der Waals surface area contributed by atoms with Crippen molar-refractivity contribution >= 4 is 9.84 Å². The highest BCUT2D eigenvalue weighted by molar-refractivity contribution is 7.90. The van der Waals surface area contributed by atoms with Crippen LogP contribution < -0.4 is 0 Å². The van der Waals surface area contributed by atoms with Crippen LogP contribution in [-0.4, -0.2) is 29.6 Å². The maximum atomic E-state index is 13.2. The quantitative estimate of drug-likeness (QED) is 0.727. The van der Waals surface area contributed by atoms with Crippen LogP contribution in [-0.2, 0) is 16.0 Å². The second-order valence-corrected chi connectivity index (χ2v) is 8.11. The largest absolute Gasteiger partial charge is 0.508 e. The summed E-state index contributed by atoms with van der Waals surface area (Å²) in [6.45, 7) is 1.66. The van der Waals surface area contributed by atoms with E-state index in [0.29, 0.717) is 11.1 Å². The van der Waals surface area contributed by atoms with Crippen molar-refractivity contribution in [2.24, 2.45) is 0 Å². The lowest BCUT2D eigenvalue weighted by Crippen LogP contribution is -2.07. The van der Waals surface area contributed by atoms with Crippen LogP contribution in [0, 0.1) is 6.92 Å². The second kappa shape index (κ2) is 6.41. The summed E-state index contributed by atoms with van der Waals surface area (Å²) in [4.78, 5) is 0.0526. The summed E-state index contributed by atoms with van der Waals surface area (Å²) in [6.07, 6.45) is -3.60. The molecule has 0 atom stereocenters. The van der Waals surface area contributed by atoms with E-state index in [1.54, 1.807) is 6.92 Å². The smallest absolute Gasteiger partial charge is 0.435 e. The van der Waals surface area contributed by atoms with Gasteiger partial charge < -0.3 is 5.11 Å². The van der Waals surface area contributed by atoms with Crippen LogP contribution in [0.5, 0.6) is 5.75 Å². The number of alkyl halides is 3. The molecule has 1 aromatic heterocycles. The fraction of sp³-hybridized carbons (Fsp3) is 0.167. The number of benzene rings is 2. The fourth-order valence-electron chi connectivity index (χ4n) is 2.68. The van der Waals surface area contributed by atoms with Gasteiger partial charge in [0.15, 0.2) is 15.5 Å². The lowest BCUT2D eigenvalue weighted by Gasteiger charge is -2.11. The standard InChI is InChI=1S/C18H15F3N2O3S/c1-11-9-13(24)5-8-15(11)16-10-17(18(19,20)21)22-23(16)12-3-6-14(7-4-12)27(2,25)26/h3-10,24H,1-2H3. The number of rotatable bonds is 3. The predicted molar refractivity (Wildman–Crippen MR) is 93.5 cm³/mol. The Morgan fingerprint density at radius 3 is 2.19 bits per heavy atom. The SMILES string of the molecule is Cc1cc(O)ccc1-c1cc(C(F)(F)F)nn1-c1ccc(S(C)(=O)=O)cc1. The Morgan fingerprint density at radius 1 is 1.04 bits per heavy atom. The number of aromatic nitrogens is 2. The first-order chi connectivity index (χ1) is 12.5. The molecule has 27 heavy (non-hydrogen) atoms. The average molecular weight is 396 g/mol. The summed E-state index contributed by atoms with van der Waals surface area (Å²) in [6, 6.07) is 10.6. The summed E-state index contributed by atoms with van der Waals surface area (Å²) in [5.74, 6) is -0.00383. The molecule has 0 fully saturated rings. The molecule has 3 rings (SSSR count). The molecule has 0 unspecified atom stereocenters. The van der Waals surface area contributed by atoms with Gasteiger partial charge in [-0.25, -0.2) is 13.1 Å². The number of nitrogens with zero attached hydrogens (tertiary/aromatic N) is 2. The van der Waals surface area contributed by atoms with Gasteiger partial charge in [0.2, 0.25) is 0 Å². The minimum atomic E-state index is -4.64. The molecule has 0 aliphatic carbocycles. The zero-order valence-electron chi connectivity index (χ0n) is 14.3.